The number of nitrogens with zero attached hydrogens (tertiary/aromatic N) is 2. The molecule has 0 aliphatic heterocycles. The van der Waals surface area contributed by atoms with E-state index >= 15 is 0 Å². The lowest BCUT2D eigenvalue weighted by atomic mass is 9.96. The highest BCUT2D eigenvalue weighted by molar-refractivity contribution is 5.89. The van der Waals surface area contributed by atoms with Crippen LogP contribution in [0.1, 0.15) is 34.0 Å². The fourth-order valence-electron chi connectivity index (χ4n) is 3.94. The average molecular weight is 394 g/mol. The van der Waals surface area contributed by atoms with Gasteiger partial charge in [0.15, 0.2) is 6.29 Å². The summed E-state index contributed by atoms with van der Waals surface area (Å²) >= 11 is 0. The molecule has 0 atom stereocenters. The smallest absolute Gasteiger partial charge is 0.150 e. The molecule has 4 aromatic rings. The summed E-state index contributed by atoms with van der Waals surface area (Å²) in [6.07, 6.45) is 3.81. The van der Waals surface area contributed by atoms with Gasteiger partial charge in [0.25, 0.3) is 0 Å². The Morgan fingerprint density at radius 2 is 1.97 bits per heavy atom. The lowest BCUT2D eigenvalue weighted by Crippen LogP contribution is -1.93. The van der Waals surface area contributed by atoms with Crippen molar-refractivity contribution in [2.45, 2.75) is 19.9 Å². The molecule has 1 aromatic heterocycles. The minimum Gasteiger partial charge on any atom is -0.497 e. The highest BCUT2D eigenvalue weighted by atomic mass is 16.5. The van der Waals surface area contributed by atoms with Crippen molar-refractivity contribution in [3.05, 3.63) is 89.1 Å². The van der Waals surface area contributed by atoms with Crippen molar-refractivity contribution in [2.24, 2.45) is 0 Å². The normalized spacial score (nSPS) is 10.7. The van der Waals surface area contributed by atoms with Gasteiger partial charge in [-0.2, -0.15) is 5.26 Å². The van der Waals surface area contributed by atoms with E-state index in [2.05, 4.69) is 35.9 Å². The lowest BCUT2D eigenvalue weighted by molar-refractivity contribution is 0.112. The summed E-state index contributed by atoms with van der Waals surface area (Å²) in [6.45, 7) is 2.95. The molecule has 0 aliphatic rings. The van der Waals surface area contributed by atoms with E-state index in [1.165, 1.54) is 16.5 Å². The molecule has 4 rings (SSSR count). The van der Waals surface area contributed by atoms with E-state index in [-0.39, 0.29) is 0 Å². The Labute approximate surface area is 176 Å². The Morgan fingerprint density at radius 1 is 1.10 bits per heavy atom. The molecule has 0 spiro atoms. The lowest BCUT2D eigenvalue weighted by Gasteiger charge is -2.09. The second-order valence-corrected chi connectivity index (χ2v) is 7.23. The van der Waals surface area contributed by atoms with Gasteiger partial charge in [0, 0.05) is 29.2 Å². The number of fused-ring (bicyclic) bond motifs is 1. The Morgan fingerprint density at radius 3 is 2.70 bits per heavy atom. The molecular formula is C26H22N2O2. The maximum absolute atomic E-state index is 11.6. The van der Waals surface area contributed by atoms with Gasteiger partial charge in [-0.05, 0) is 65.9 Å². The van der Waals surface area contributed by atoms with Crippen molar-refractivity contribution < 1.29 is 9.53 Å². The van der Waals surface area contributed by atoms with Crippen LogP contribution in [0.3, 0.4) is 0 Å². The predicted molar refractivity (Wildman–Crippen MR) is 119 cm³/mol. The van der Waals surface area contributed by atoms with Gasteiger partial charge in [0.2, 0.25) is 0 Å². The van der Waals surface area contributed by atoms with E-state index in [0.717, 1.165) is 35.9 Å². The molecule has 0 N–H and O–H groups in total. The zero-order valence-electron chi connectivity index (χ0n) is 17.1. The number of ether oxygens (including phenoxy) is 1. The summed E-state index contributed by atoms with van der Waals surface area (Å²) in [5, 5.41) is 10.4. The highest BCUT2D eigenvalue weighted by Gasteiger charge is 2.11. The molecule has 3 aromatic carbocycles. The number of nitriles is 1. The van der Waals surface area contributed by atoms with Crippen LogP contribution in [0.25, 0.3) is 22.0 Å². The Hall–Kier alpha value is -3.84. The number of carbonyl (C=O) groups excluding carboxylic acids is 1. The van der Waals surface area contributed by atoms with Gasteiger partial charge in [-0.3, -0.25) is 4.79 Å². The van der Waals surface area contributed by atoms with Gasteiger partial charge in [-0.1, -0.05) is 30.3 Å². The molecule has 0 amide bonds. The fraction of sp³-hybridized carbons (Fsp3) is 0.154. The maximum Gasteiger partial charge on any atom is 0.150 e. The number of aromatic nitrogens is 1. The number of hydrogen-bond acceptors (Lipinski definition) is 3. The molecule has 1 heterocycles. The van der Waals surface area contributed by atoms with E-state index in [4.69, 9.17) is 4.74 Å². The van der Waals surface area contributed by atoms with Gasteiger partial charge in [-0.25, -0.2) is 0 Å². The molecule has 4 heteroatoms. The van der Waals surface area contributed by atoms with Gasteiger partial charge in [0.05, 0.1) is 18.7 Å². The number of benzene rings is 3. The minimum atomic E-state index is 0.609. The van der Waals surface area contributed by atoms with Crippen molar-refractivity contribution in [1.82, 2.24) is 4.57 Å². The second-order valence-electron chi connectivity index (χ2n) is 7.23. The molecular weight excluding hydrogens is 372 g/mol. The van der Waals surface area contributed by atoms with Gasteiger partial charge >= 0.3 is 0 Å². The number of methoxy groups -OCH3 is 1. The van der Waals surface area contributed by atoms with Crippen LogP contribution in [-0.2, 0) is 13.0 Å². The monoisotopic (exact) mass is 394 g/mol. The summed E-state index contributed by atoms with van der Waals surface area (Å²) in [4.78, 5) is 11.6. The van der Waals surface area contributed by atoms with E-state index in [1.807, 2.05) is 42.5 Å². The zero-order valence-corrected chi connectivity index (χ0v) is 17.1. The van der Waals surface area contributed by atoms with Crippen LogP contribution in [0.2, 0.25) is 0 Å². The van der Waals surface area contributed by atoms with Crippen molar-refractivity contribution in [2.75, 3.05) is 7.11 Å². The number of carbonyl (C=O) groups is 1. The molecule has 0 radical (unpaired) electrons. The summed E-state index contributed by atoms with van der Waals surface area (Å²) in [7, 11) is 1.59. The molecule has 0 saturated carbocycles. The van der Waals surface area contributed by atoms with Crippen molar-refractivity contribution in [3.8, 4) is 22.9 Å². The van der Waals surface area contributed by atoms with E-state index in [1.54, 1.807) is 13.2 Å². The van der Waals surface area contributed by atoms with Crippen molar-refractivity contribution >= 4 is 17.2 Å². The maximum atomic E-state index is 11.6. The molecule has 148 valence electrons. The first-order valence-corrected chi connectivity index (χ1v) is 9.91. The summed E-state index contributed by atoms with van der Waals surface area (Å²) in [5.41, 5.74) is 6.65. The van der Waals surface area contributed by atoms with Crippen LogP contribution >= 0.6 is 0 Å². The minimum absolute atomic E-state index is 0.609. The number of aldehydes is 1. The highest BCUT2D eigenvalue weighted by Crippen LogP contribution is 2.29. The zero-order chi connectivity index (χ0) is 21.1. The molecule has 0 unspecified atom stereocenters. The standard InChI is InChI=1S/C26H22N2O2/c1-3-28-16-21(25-9-7-19(15-27)13-26(25)28)12-18-5-4-6-20(11-18)24-10-8-23(30-2)14-22(24)17-29/h4-11,13-14,16-17H,3,12H2,1-2H3. The predicted octanol–water partition coefficient (Wildman–Crippen LogP) is 5.61. The first kappa shape index (κ1) is 19.5. The first-order valence-electron chi connectivity index (χ1n) is 9.91. The van der Waals surface area contributed by atoms with Gasteiger partial charge in [0.1, 0.15) is 5.75 Å². The van der Waals surface area contributed by atoms with Crippen LogP contribution in [0.15, 0.2) is 66.9 Å². The Balaban J connectivity index is 1.73. The third-order valence-corrected chi connectivity index (χ3v) is 5.45. The van der Waals surface area contributed by atoms with Crippen molar-refractivity contribution in [3.63, 3.8) is 0 Å². The van der Waals surface area contributed by atoms with E-state index in [0.29, 0.717) is 16.9 Å². The summed E-state index contributed by atoms with van der Waals surface area (Å²) < 4.78 is 7.42. The van der Waals surface area contributed by atoms with Crippen LogP contribution in [0, 0.1) is 11.3 Å². The second kappa shape index (κ2) is 8.26. The van der Waals surface area contributed by atoms with Crippen LogP contribution in [-0.4, -0.2) is 18.0 Å². The molecule has 0 aliphatic carbocycles. The van der Waals surface area contributed by atoms with Gasteiger partial charge < -0.3 is 9.30 Å². The molecule has 4 nitrogen and oxygen atoms in total. The van der Waals surface area contributed by atoms with Crippen LogP contribution < -0.4 is 4.74 Å². The first-order chi connectivity index (χ1) is 14.7. The fourth-order valence-corrected chi connectivity index (χ4v) is 3.94. The number of aryl methyl sites for hydroxylation is 1. The number of rotatable bonds is 6. The Bertz CT molecular complexity index is 1280. The molecule has 0 fully saturated rings. The quantitative estimate of drug-likeness (QED) is 0.399. The van der Waals surface area contributed by atoms with Crippen LogP contribution in [0.5, 0.6) is 5.75 Å². The molecule has 30 heavy (non-hydrogen) atoms. The number of hydrogen-bond donors (Lipinski definition) is 0. The van der Waals surface area contributed by atoms with Crippen molar-refractivity contribution in [1.29, 1.82) is 5.26 Å². The van der Waals surface area contributed by atoms with E-state index < -0.39 is 0 Å². The average Bonchev–Trinajstić information content (AvgIpc) is 3.15. The Kier molecular flexibility index (Phi) is 5.36. The third kappa shape index (κ3) is 3.58. The van der Waals surface area contributed by atoms with Crippen LogP contribution in [0.4, 0.5) is 0 Å². The largest absolute Gasteiger partial charge is 0.497 e. The van der Waals surface area contributed by atoms with E-state index in [9.17, 15) is 10.1 Å². The molecule has 0 saturated heterocycles. The topological polar surface area (TPSA) is 55.0 Å². The van der Waals surface area contributed by atoms with Gasteiger partial charge in [-0.15, -0.1) is 0 Å². The molecule has 0 bridgehead atoms. The SMILES string of the molecule is CCn1cc(Cc2cccc(-c3ccc(OC)cc3C=O)c2)c2ccc(C#N)cc21. The summed E-state index contributed by atoms with van der Waals surface area (Å²) in [5.74, 6) is 0.668. The summed E-state index contributed by atoms with van der Waals surface area (Å²) in [6, 6.07) is 21.9. The third-order valence-electron chi connectivity index (χ3n) is 5.45.